The van der Waals surface area contributed by atoms with E-state index in [4.69, 9.17) is 10.00 Å². The summed E-state index contributed by atoms with van der Waals surface area (Å²) in [5.41, 5.74) is 1.73. The van der Waals surface area contributed by atoms with Crippen LogP contribution in [0.3, 0.4) is 0 Å². The number of nitriles is 1. The van der Waals surface area contributed by atoms with Crippen molar-refractivity contribution < 1.29 is 13.5 Å². The molecule has 0 aromatic heterocycles. The Morgan fingerprint density at radius 3 is 2.25 bits per heavy atom. The largest absolute Gasteiger partial charge is 0.486 e. The maximum absolute atomic E-state index is 13.6. The van der Waals surface area contributed by atoms with Crippen molar-refractivity contribution in [2.24, 2.45) is 0 Å². The van der Waals surface area contributed by atoms with Crippen LogP contribution in [-0.4, -0.2) is 0 Å². The predicted octanol–water partition coefficient (Wildman–Crippen LogP) is 3.98. The van der Waals surface area contributed by atoms with E-state index in [9.17, 15) is 8.78 Å². The van der Waals surface area contributed by atoms with Crippen LogP contribution < -0.4 is 4.74 Å². The molecule has 0 aliphatic carbocycles. The van der Waals surface area contributed by atoms with Gasteiger partial charge in [0.1, 0.15) is 12.7 Å². The first-order valence-corrected chi connectivity index (χ1v) is 6.24. The summed E-state index contributed by atoms with van der Waals surface area (Å²) in [4.78, 5) is 0. The summed E-state index contributed by atoms with van der Waals surface area (Å²) in [6.07, 6.45) is 0.941. The molecule has 102 valence electrons. The molecule has 4 heteroatoms. The monoisotopic (exact) mass is 273 g/mol. The molecule has 0 spiro atoms. The van der Waals surface area contributed by atoms with Crippen molar-refractivity contribution in [2.75, 3.05) is 0 Å². The van der Waals surface area contributed by atoms with Gasteiger partial charge >= 0.3 is 0 Å². The Labute approximate surface area is 116 Å². The number of halogens is 2. The van der Waals surface area contributed by atoms with Crippen LogP contribution in [0, 0.1) is 23.0 Å². The Morgan fingerprint density at radius 1 is 1.00 bits per heavy atom. The van der Waals surface area contributed by atoms with Gasteiger partial charge in [-0.1, -0.05) is 31.2 Å². The topological polar surface area (TPSA) is 33.0 Å². The molecule has 0 aliphatic heterocycles. The number of ether oxygens (including phenoxy) is 1. The van der Waals surface area contributed by atoms with Crippen molar-refractivity contribution in [3.05, 3.63) is 64.7 Å². The molecule has 0 bridgehead atoms. The highest BCUT2D eigenvalue weighted by Crippen LogP contribution is 2.23. The van der Waals surface area contributed by atoms with Crippen LogP contribution in [0.5, 0.6) is 5.75 Å². The van der Waals surface area contributed by atoms with Gasteiger partial charge in [-0.25, -0.2) is 4.39 Å². The van der Waals surface area contributed by atoms with Crippen LogP contribution >= 0.6 is 0 Å². The molecule has 2 aromatic carbocycles. The molecule has 0 atom stereocenters. The van der Waals surface area contributed by atoms with E-state index in [0.717, 1.165) is 12.0 Å². The predicted molar refractivity (Wildman–Crippen MR) is 71.2 cm³/mol. The second-order valence-corrected chi connectivity index (χ2v) is 4.31. The van der Waals surface area contributed by atoms with E-state index in [-0.39, 0.29) is 17.9 Å². The van der Waals surface area contributed by atoms with E-state index < -0.39 is 11.6 Å². The Kier molecular flexibility index (Phi) is 4.31. The van der Waals surface area contributed by atoms with Crippen molar-refractivity contribution in [3.63, 3.8) is 0 Å². The minimum absolute atomic E-state index is 0.145. The molecule has 0 unspecified atom stereocenters. The summed E-state index contributed by atoms with van der Waals surface area (Å²) in [5, 5.41) is 8.59. The van der Waals surface area contributed by atoms with Crippen LogP contribution in [0.15, 0.2) is 36.4 Å². The Morgan fingerprint density at radius 2 is 1.65 bits per heavy atom. The van der Waals surface area contributed by atoms with E-state index in [1.54, 1.807) is 6.07 Å². The first kappa shape index (κ1) is 14.0. The lowest BCUT2D eigenvalue weighted by Crippen LogP contribution is -2.00. The third-order valence-electron chi connectivity index (χ3n) is 2.99. The van der Waals surface area contributed by atoms with Crippen LogP contribution in [0.2, 0.25) is 0 Å². The van der Waals surface area contributed by atoms with Crippen molar-refractivity contribution in [1.29, 1.82) is 5.26 Å². The van der Waals surface area contributed by atoms with Gasteiger partial charge in [-0.15, -0.1) is 0 Å². The maximum Gasteiger partial charge on any atom is 0.202 e. The zero-order chi connectivity index (χ0) is 14.5. The van der Waals surface area contributed by atoms with Gasteiger partial charge in [-0.2, -0.15) is 9.65 Å². The molecule has 0 saturated carbocycles. The molecule has 0 radical (unpaired) electrons. The lowest BCUT2D eigenvalue weighted by molar-refractivity contribution is 0.284. The number of hydrogen-bond donors (Lipinski definition) is 0. The van der Waals surface area contributed by atoms with Gasteiger partial charge in [0, 0.05) is 0 Å². The van der Waals surface area contributed by atoms with E-state index in [1.807, 2.05) is 24.3 Å². The molecule has 0 N–H and O–H groups in total. The first-order chi connectivity index (χ1) is 9.65. The molecular weight excluding hydrogens is 260 g/mol. The van der Waals surface area contributed by atoms with Crippen molar-refractivity contribution in [2.45, 2.75) is 20.0 Å². The molecule has 2 nitrogen and oxygen atoms in total. The van der Waals surface area contributed by atoms with Crippen molar-refractivity contribution in [1.82, 2.24) is 0 Å². The highest BCUT2D eigenvalue weighted by Gasteiger charge is 2.14. The Balaban J connectivity index is 2.11. The zero-order valence-corrected chi connectivity index (χ0v) is 11.0. The number of aryl methyl sites for hydroxylation is 1. The summed E-state index contributed by atoms with van der Waals surface area (Å²) >= 11 is 0. The fraction of sp³-hybridized carbons (Fsp3) is 0.188. The van der Waals surface area contributed by atoms with Gasteiger partial charge in [0.25, 0.3) is 0 Å². The highest BCUT2D eigenvalue weighted by atomic mass is 19.2. The van der Waals surface area contributed by atoms with Crippen molar-refractivity contribution >= 4 is 0 Å². The second kappa shape index (κ2) is 6.16. The minimum atomic E-state index is -1.17. The Hall–Kier alpha value is -2.41. The normalized spacial score (nSPS) is 10.1. The van der Waals surface area contributed by atoms with Gasteiger partial charge in [0.2, 0.25) is 5.82 Å². The van der Waals surface area contributed by atoms with Gasteiger partial charge in [0.15, 0.2) is 11.6 Å². The number of hydrogen-bond acceptors (Lipinski definition) is 2. The number of nitrogens with zero attached hydrogens (tertiary/aromatic N) is 1. The van der Waals surface area contributed by atoms with Gasteiger partial charge < -0.3 is 4.74 Å². The highest BCUT2D eigenvalue weighted by molar-refractivity contribution is 5.37. The molecule has 0 aliphatic rings. The number of benzene rings is 2. The summed E-state index contributed by atoms with van der Waals surface area (Å²) in [5.74, 6) is -2.50. The standard InChI is InChI=1S/C16H13F2NO/c1-2-11-3-5-12(6-4-11)10-20-14-8-7-13(9-19)15(17)16(14)18/h3-8H,2,10H2,1H3. The second-order valence-electron chi connectivity index (χ2n) is 4.31. The van der Waals surface area contributed by atoms with Crippen molar-refractivity contribution in [3.8, 4) is 11.8 Å². The fourth-order valence-corrected chi connectivity index (χ4v) is 1.76. The molecular formula is C16H13F2NO. The summed E-state index contributed by atoms with van der Waals surface area (Å²) < 4.78 is 32.3. The molecule has 0 heterocycles. The van der Waals surface area contributed by atoms with E-state index in [1.165, 1.54) is 17.7 Å². The number of rotatable bonds is 4. The average molecular weight is 273 g/mol. The maximum atomic E-state index is 13.6. The van der Waals surface area contributed by atoms with Crippen LogP contribution in [0.25, 0.3) is 0 Å². The fourth-order valence-electron chi connectivity index (χ4n) is 1.76. The van der Waals surface area contributed by atoms with Crippen LogP contribution in [0.1, 0.15) is 23.6 Å². The van der Waals surface area contributed by atoms with Gasteiger partial charge in [0.05, 0.1) is 5.56 Å². The summed E-state index contributed by atoms with van der Waals surface area (Å²) in [6, 6.07) is 11.7. The minimum Gasteiger partial charge on any atom is -0.486 e. The molecule has 0 fully saturated rings. The smallest absolute Gasteiger partial charge is 0.202 e. The molecule has 20 heavy (non-hydrogen) atoms. The molecule has 2 rings (SSSR count). The lowest BCUT2D eigenvalue weighted by Gasteiger charge is -2.08. The molecule has 2 aromatic rings. The molecule has 0 saturated heterocycles. The van der Waals surface area contributed by atoms with Crippen LogP contribution in [0.4, 0.5) is 8.78 Å². The van der Waals surface area contributed by atoms with E-state index in [0.29, 0.717) is 0 Å². The summed E-state index contributed by atoms with van der Waals surface area (Å²) in [6.45, 7) is 2.20. The van der Waals surface area contributed by atoms with Crippen LogP contribution in [-0.2, 0) is 13.0 Å². The van der Waals surface area contributed by atoms with Gasteiger partial charge in [-0.3, -0.25) is 0 Å². The first-order valence-electron chi connectivity index (χ1n) is 6.24. The Bertz CT molecular complexity index is 645. The third kappa shape index (κ3) is 2.94. The quantitative estimate of drug-likeness (QED) is 0.844. The third-order valence-corrected chi connectivity index (χ3v) is 2.99. The van der Waals surface area contributed by atoms with Gasteiger partial charge in [-0.05, 0) is 29.7 Å². The van der Waals surface area contributed by atoms with E-state index >= 15 is 0 Å². The SMILES string of the molecule is CCc1ccc(COc2ccc(C#N)c(F)c2F)cc1. The average Bonchev–Trinajstić information content (AvgIpc) is 2.49. The lowest BCUT2D eigenvalue weighted by atomic mass is 10.1. The van der Waals surface area contributed by atoms with E-state index in [2.05, 4.69) is 6.92 Å². The molecule has 0 amide bonds. The summed E-state index contributed by atoms with van der Waals surface area (Å²) in [7, 11) is 0. The zero-order valence-electron chi connectivity index (χ0n) is 11.0.